The fourth-order valence-electron chi connectivity index (χ4n) is 2.27. The highest BCUT2D eigenvalue weighted by molar-refractivity contribution is 5.97. The number of carbonyl (C=O) groups is 2. The predicted octanol–water partition coefficient (Wildman–Crippen LogP) is 2.48. The second kappa shape index (κ2) is 7.14. The van der Waals surface area contributed by atoms with E-state index in [1.54, 1.807) is 18.2 Å². The van der Waals surface area contributed by atoms with Crippen molar-refractivity contribution < 1.29 is 18.4 Å². The Hall–Kier alpha value is -3.55. The molecular weight excluding hydrogens is 341 g/mol. The molecule has 0 spiro atoms. The van der Waals surface area contributed by atoms with Crippen molar-refractivity contribution in [1.29, 1.82) is 0 Å². The number of hydrogen-bond donors (Lipinski definition) is 1. The molecule has 8 heteroatoms. The van der Waals surface area contributed by atoms with Crippen molar-refractivity contribution in [1.82, 2.24) is 9.78 Å². The van der Waals surface area contributed by atoms with Crippen LogP contribution in [0.5, 0.6) is 0 Å². The molecular formula is C18H14FN3O4. The zero-order chi connectivity index (χ0) is 18.7. The standard InChI is InChI=1S/C18H14FN3O4/c1-11(23)13-3-2-4-15(9-13)20-16(24)10-22-18(25)26-17(21-22)12-5-7-14(19)8-6-12/h2-9H,10H2,1H3,(H,20,24). The van der Waals surface area contributed by atoms with Crippen molar-refractivity contribution in [2.75, 3.05) is 5.32 Å². The van der Waals surface area contributed by atoms with Gasteiger partial charge in [-0.3, -0.25) is 9.59 Å². The summed E-state index contributed by atoms with van der Waals surface area (Å²) in [6.45, 7) is 1.06. The van der Waals surface area contributed by atoms with E-state index in [4.69, 9.17) is 4.42 Å². The Kier molecular flexibility index (Phi) is 4.74. The van der Waals surface area contributed by atoms with Crippen LogP contribution in [0.1, 0.15) is 17.3 Å². The number of benzene rings is 2. The van der Waals surface area contributed by atoms with E-state index < -0.39 is 17.5 Å². The van der Waals surface area contributed by atoms with E-state index in [2.05, 4.69) is 10.4 Å². The normalized spacial score (nSPS) is 10.5. The van der Waals surface area contributed by atoms with Crippen LogP contribution in [0.25, 0.3) is 11.5 Å². The maximum absolute atomic E-state index is 13.0. The molecule has 0 atom stereocenters. The quantitative estimate of drug-likeness (QED) is 0.710. The number of Topliss-reactive ketones (excluding diaryl/α,β-unsaturated/α-hetero) is 1. The number of hydrogen-bond acceptors (Lipinski definition) is 5. The molecule has 1 heterocycles. The average molecular weight is 355 g/mol. The summed E-state index contributed by atoms with van der Waals surface area (Å²) in [5.74, 6) is -1.88. The fourth-order valence-corrected chi connectivity index (χ4v) is 2.27. The lowest BCUT2D eigenvalue weighted by Crippen LogP contribution is -2.25. The smallest absolute Gasteiger partial charge is 0.388 e. The van der Waals surface area contributed by atoms with Gasteiger partial charge in [-0.1, -0.05) is 12.1 Å². The maximum Gasteiger partial charge on any atom is 0.437 e. The highest BCUT2D eigenvalue weighted by Gasteiger charge is 2.14. The minimum Gasteiger partial charge on any atom is -0.388 e. The van der Waals surface area contributed by atoms with Crippen LogP contribution in [0.15, 0.2) is 57.7 Å². The van der Waals surface area contributed by atoms with Crippen LogP contribution in [-0.2, 0) is 11.3 Å². The van der Waals surface area contributed by atoms with Crippen LogP contribution in [0.3, 0.4) is 0 Å². The van der Waals surface area contributed by atoms with Gasteiger partial charge < -0.3 is 9.73 Å². The van der Waals surface area contributed by atoms with E-state index in [1.807, 2.05) is 0 Å². The number of amides is 1. The van der Waals surface area contributed by atoms with Gasteiger partial charge in [-0.25, -0.2) is 9.18 Å². The monoisotopic (exact) mass is 355 g/mol. The molecule has 0 radical (unpaired) electrons. The number of carbonyl (C=O) groups excluding carboxylic acids is 2. The summed E-state index contributed by atoms with van der Waals surface area (Å²) < 4.78 is 18.8. The Labute approximate surface area is 147 Å². The molecule has 0 aliphatic carbocycles. The third-order valence-electron chi connectivity index (χ3n) is 3.54. The van der Waals surface area contributed by atoms with Gasteiger partial charge in [-0.05, 0) is 43.3 Å². The largest absolute Gasteiger partial charge is 0.437 e. The summed E-state index contributed by atoms with van der Waals surface area (Å²) in [5, 5.41) is 6.52. The van der Waals surface area contributed by atoms with Crippen molar-refractivity contribution in [3.63, 3.8) is 0 Å². The van der Waals surface area contributed by atoms with Crippen LogP contribution in [0.4, 0.5) is 10.1 Å². The molecule has 1 aromatic heterocycles. The van der Waals surface area contributed by atoms with Gasteiger partial charge >= 0.3 is 5.76 Å². The molecule has 0 bridgehead atoms. The van der Waals surface area contributed by atoms with Gasteiger partial charge in [0, 0.05) is 16.8 Å². The lowest BCUT2D eigenvalue weighted by atomic mass is 10.1. The zero-order valence-corrected chi connectivity index (χ0v) is 13.7. The molecule has 3 rings (SSSR count). The third-order valence-corrected chi connectivity index (χ3v) is 3.54. The Morgan fingerprint density at radius 2 is 1.92 bits per heavy atom. The number of aromatic nitrogens is 2. The molecule has 0 saturated carbocycles. The van der Waals surface area contributed by atoms with Crippen LogP contribution >= 0.6 is 0 Å². The lowest BCUT2D eigenvalue weighted by molar-refractivity contribution is -0.117. The average Bonchev–Trinajstić information content (AvgIpc) is 2.96. The summed E-state index contributed by atoms with van der Waals surface area (Å²) in [6.07, 6.45) is 0. The van der Waals surface area contributed by atoms with Crippen LogP contribution in [0, 0.1) is 5.82 Å². The Morgan fingerprint density at radius 3 is 2.62 bits per heavy atom. The van der Waals surface area contributed by atoms with Crippen molar-refractivity contribution in [3.8, 4) is 11.5 Å². The number of ketones is 1. The molecule has 1 amide bonds. The van der Waals surface area contributed by atoms with Gasteiger partial charge in [-0.15, -0.1) is 5.10 Å². The molecule has 0 unspecified atom stereocenters. The molecule has 0 saturated heterocycles. The SMILES string of the molecule is CC(=O)c1cccc(NC(=O)Cn2nc(-c3ccc(F)cc3)oc2=O)c1. The second-order valence-electron chi connectivity index (χ2n) is 5.52. The van der Waals surface area contributed by atoms with Gasteiger partial charge in [0.1, 0.15) is 12.4 Å². The van der Waals surface area contributed by atoms with Crippen molar-refractivity contribution >= 4 is 17.4 Å². The number of nitrogens with zero attached hydrogens (tertiary/aromatic N) is 2. The third kappa shape index (κ3) is 3.92. The number of rotatable bonds is 5. The summed E-state index contributed by atoms with van der Waals surface area (Å²) in [6, 6.07) is 11.7. The van der Waals surface area contributed by atoms with Gasteiger partial charge in [-0.2, -0.15) is 4.68 Å². The lowest BCUT2D eigenvalue weighted by Gasteiger charge is -2.05. The molecule has 1 N–H and O–H groups in total. The first-order chi connectivity index (χ1) is 12.4. The molecule has 7 nitrogen and oxygen atoms in total. The molecule has 26 heavy (non-hydrogen) atoms. The number of halogens is 1. The van der Waals surface area contributed by atoms with Gasteiger partial charge in [0.2, 0.25) is 11.8 Å². The summed E-state index contributed by atoms with van der Waals surface area (Å²) in [5.41, 5.74) is 1.30. The van der Waals surface area contributed by atoms with E-state index in [0.29, 0.717) is 16.8 Å². The molecule has 0 fully saturated rings. The predicted molar refractivity (Wildman–Crippen MR) is 91.2 cm³/mol. The fraction of sp³-hybridized carbons (Fsp3) is 0.111. The van der Waals surface area contributed by atoms with Gasteiger partial charge in [0.15, 0.2) is 5.78 Å². The van der Waals surface area contributed by atoms with E-state index in [0.717, 1.165) is 4.68 Å². The van der Waals surface area contributed by atoms with Crippen molar-refractivity contribution in [2.24, 2.45) is 0 Å². The second-order valence-corrected chi connectivity index (χ2v) is 5.52. The molecule has 0 aliphatic heterocycles. The Balaban J connectivity index is 1.74. The Morgan fingerprint density at radius 1 is 1.19 bits per heavy atom. The van der Waals surface area contributed by atoms with E-state index in [-0.39, 0.29) is 18.2 Å². The molecule has 0 aliphatic rings. The van der Waals surface area contributed by atoms with Gasteiger partial charge in [0.05, 0.1) is 0 Å². The highest BCUT2D eigenvalue weighted by atomic mass is 19.1. The van der Waals surface area contributed by atoms with Crippen LogP contribution in [0.2, 0.25) is 0 Å². The highest BCUT2D eigenvalue weighted by Crippen LogP contribution is 2.16. The van der Waals surface area contributed by atoms with Crippen molar-refractivity contribution in [3.05, 3.63) is 70.5 Å². The molecule has 132 valence electrons. The number of anilines is 1. The van der Waals surface area contributed by atoms with Crippen LogP contribution < -0.4 is 11.1 Å². The van der Waals surface area contributed by atoms with E-state index in [1.165, 1.54) is 37.3 Å². The minimum absolute atomic E-state index is 0.0126. The molecule has 3 aromatic rings. The van der Waals surface area contributed by atoms with Crippen molar-refractivity contribution in [2.45, 2.75) is 13.5 Å². The topological polar surface area (TPSA) is 94.2 Å². The molecule has 2 aromatic carbocycles. The first-order valence-corrected chi connectivity index (χ1v) is 7.67. The minimum atomic E-state index is -0.808. The van der Waals surface area contributed by atoms with Gasteiger partial charge in [0.25, 0.3) is 0 Å². The maximum atomic E-state index is 13.0. The van der Waals surface area contributed by atoms with Crippen LogP contribution in [-0.4, -0.2) is 21.5 Å². The first-order valence-electron chi connectivity index (χ1n) is 7.67. The first kappa shape index (κ1) is 17.3. The number of nitrogens with one attached hydrogen (secondary N) is 1. The summed E-state index contributed by atoms with van der Waals surface area (Å²) in [7, 11) is 0. The Bertz CT molecular complexity index is 1020. The van der Waals surface area contributed by atoms with E-state index >= 15 is 0 Å². The summed E-state index contributed by atoms with van der Waals surface area (Å²) >= 11 is 0. The van der Waals surface area contributed by atoms with E-state index in [9.17, 15) is 18.8 Å². The summed E-state index contributed by atoms with van der Waals surface area (Å²) in [4.78, 5) is 35.3. The zero-order valence-electron chi connectivity index (χ0n) is 13.7.